The number of hydrogen-bond acceptors (Lipinski definition) is 1. The van der Waals surface area contributed by atoms with E-state index in [1.165, 1.54) is 15.6 Å². The van der Waals surface area contributed by atoms with Crippen LogP contribution >= 0.6 is 49.0 Å². The molecule has 19 heavy (non-hydrogen) atoms. The first-order valence-electron chi connectivity index (χ1n) is 6.09. The van der Waals surface area contributed by atoms with Crippen LogP contribution in [0, 0.1) is 0 Å². The van der Waals surface area contributed by atoms with Gasteiger partial charge < -0.3 is 0 Å². The minimum atomic E-state index is -2.67. The van der Waals surface area contributed by atoms with Gasteiger partial charge in [0.05, 0.1) is 0 Å². The molecule has 0 aromatic carbocycles. The first-order chi connectivity index (χ1) is 6.91. The van der Waals surface area contributed by atoms with Gasteiger partial charge in [0.2, 0.25) is 0 Å². The molecule has 1 nitrogen and oxygen atoms in total. The second-order valence-corrected chi connectivity index (χ2v) is 28.3. The molecule has 0 saturated heterocycles. The number of rotatable bonds is 2. The smallest absolute Gasteiger partial charge is 0.147 e. The molecule has 0 atom stereocenters. The first-order valence-corrected chi connectivity index (χ1v) is 14.6. The van der Waals surface area contributed by atoms with Crippen molar-refractivity contribution in [2.75, 3.05) is 14.1 Å². The molecule has 1 rings (SSSR count). The molecule has 1 aliphatic rings. The molecule has 0 aliphatic heterocycles. The molecule has 0 unspecified atom stereocenters. The van der Waals surface area contributed by atoms with E-state index in [2.05, 4.69) is 46.1 Å². The standard InChI is InChI=1S/C5H5.C2H6ClN.C2H5.4CH3.3ClH.Ti/c1-2-4-5-3-1;1-4(2)3;1-2;;;;;;;;/h1-3H,4H2;1-2H3;1H2,2H3;4*1H3;3*1H;. The Labute approximate surface area is 142 Å². The summed E-state index contributed by atoms with van der Waals surface area (Å²) < 4.78 is 4.56. The van der Waals surface area contributed by atoms with Gasteiger partial charge in [-0.2, -0.15) is 0 Å². The Morgan fingerprint density at radius 3 is 1.68 bits per heavy atom. The van der Waals surface area contributed by atoms with Crippen LogP contribution in [-0.4, -0.2) is 18.5 Å². The maximum Gasteiger partial charge on any atom is -0.147 e. The van der Waals surface area contributed by atoms with Crippen LogP contribution in [0.25, 0.3) is 0 Å². The van der Waals surface area contributed by atoms with Crippen LogP contribution in [0.4, 0.5) is 0 Å². The van der Waals surface area contributed by atoms with Crippen molar-refractivity contribution in [1.29, 1.82) is 0 Å². The van der Waals surface area contributed by atoms with E-state index in [4.69, 9.17) is 11.8 Å². The summed E-state index contributed by atoms with van der Waals surface area (Å²) in [6, 6.07) is 0. The van der Waals surface area contributed by atoms with Crippen molar-refractivity contribution in [2.45, 2.75) is 39.0 Å². The van der Waals surface area contributed by atoms with Crippen molar-refractivity contribution >= 4 is 49.0 Å². The quantitative estimate of drug-likeness (QED) is 0.376. The minimum Gasteiger partial charge on any atom is -0.147 e. The second kappa shape index (κ2) is 8.68. The largest absolute Gasteiger partial charge is 0.147 e. The molecule has 0 bridgehead atoms. The molecule has 0 N–H and O–H groups in total. The fraction of sp³-hybridized carbons (Fsp3) is 0.692. The van der Waals surface area contributed by atoms with Crippen LogP contribution in [0.1, 0.15) is 13.3 Å². The van der Waals surface area contributed by atoms with Gasteiger partial charge in [-0.15, -0.1) is 37.2 Å². The summed E-state index contributed by atoms with van der Waals surface area (Å²) in [5.74, 6) is 0. The third-order valence-corrected chi connectivity index (χ3v) is 14.1. The molecule has 1 aliphatic carbocycles. The van der Waals surface area contributed by atoms with E-state index in [1.807, 2.05) is 0 Å². The van der Waals surface area contributed by atoms with E-state index in [1.54, 1.807) is 18.0 Å². The molecule has 0 saturated carbocycles. The molecule has 0 fully saturated rings. The summed E-state index contributed by atoms with van der Waals surface area (Å²) in [5, 5.41) is 10.2. The van der Waals surface area contributed by atoms with Crippen LogP contribution in [-0.2, 0) is 14.0 Å². The fourth-order valence-electron chi connectivity index (χ4n) is 1.55. The van der Waals surface area contributed by atoms with Crippen LogP contribution in [0.5, 0.6) is 0 Å². The predicted molar refractivity (Wildman–Crippen MR) is 97.1 cm³/mol. The summed E-state index contributed by atoms with van der Waals surface area (Å²) >= 11 is 2.44. The Kier molecular flexibility index (Phi) is 13.0. The summed E-state index contributed by atoms with van der Waals surface area (Å²) in [7, 11) is 3.53. The van der Waals surface area contributed by atoms with Crippen molar-refractivity contribution in [3.63, 3.8) is 0 Å². The van der Waals surface area contributed by atoms with Gasteiger partial charge in [-0.05, 0) is 11.8 Å². The molecular formula is C13H31Cl4NTi. The topological polar surface area (TPSA) is 3.24 Å². The van der Waals surface area contributed by atoms with E-state index in [0.29, 0.717) is 0 Å². The average molecular weight is 391 g/mol. The number of nitrogens with zero attached hydrogens (tertiary/aromatic N) is 1. The van der Waals surface area contributed by atoms with E-state index < -0.39 is 14.0 Å². The number of hydrogen-bond donors (Lipinski definition) is 0. The van der Waals surface area contributed by atoms with Gasteiger partial charge in [-0.1, -0.05) is 0 Å². The monoisotopic (exact) mass is 389 g/mol. The summed E-state index contributed by atoms with van der Waals surface area (Å²) in [6.45, 7) is 2.35. The average Bonchev–Trinajstić information content (AvgIpc) is 2.54. The van der Waals surface area contributed by atoms with Crippen LogP contribution < -0.4 is 0 Å². The summed E-state index contributed by atoms with van der Waals surface area (Å²) in [6.07, 6.45) is 8.07. The summed E-state index contributed by atoms with van der Waals surface area (Å²) in [4.78, 5) is 0. The van der Waals surface area contributed by atoms with Crippen molar-refractivity contribution in [2.24, 2.45) is 0 Å². The molecule has 0 spiro atoms. The Balaban J connectivity index is -0.000000144. The van der Waals surface area contributed by atoms with Crippen LogP contribution in [0.2, 0.25) is 25.6 Å². The molecular weight excluding hydrogens is 360 g/mol. The maximum atomic E-state index is 5.11. The van der Waals surface area contributed by atoms with Crippen molar-refractivity contribution in [3.05, 3.63) is 22.1 Å². The van der Waals surface area contributed by atoms with E-state index >= 15 is 0 Å². The Hall–Kier alpha value is 1.31. The third-order valence-electron chi connectivity index (χ3n) is 3.87. The van der Waals surface area contributed by atoms with Gasteiger partial charge in [0.25, 0.3) is 0 Å². The normalized spacial score (nSPS) is 16.6. The molecule has 0 amide bonds. The van der Waals surface area contributed by atoms with E-state index in [9.17, 15) is 0 Å². The van der Waals surface area contributed by atoms with Crippen molar-refractivity contribution < 1.29 is 14.0 Å². The Morgan fingerprint density at radius 2 is 1.47 bits per heavy atom. The molecule has 0 aromatic rings. The molecule has 120 valence electrons. The molecule has 0 aromatic heterocycles. The maximum absolute atomic E-state index is 5.11. The van der Waals surface area contributed by atoms with Crippen molar-refractivity contribution in [1.82, 2.24) is 4.42 Å². The SMILES string of the molecule is CN(C)Cl.C[CH2][Ti]([CH3])([CH3])([CH3])([CH3])[C]1=CC=CC1.Cl.Cl.Cl. The van der Waals surface area contributed by atoms with E-state index in [0.717, 1.165) is 0 Å². The van der Waals surface area contributed by atoms with Gasteiger partial charge in [-0.3, -0.25) is 0 Å². The predicted octanol–water partition coefficient (Wildman–Crippen LogP) is 6.65. The van der Waals surface area contributed by atoms with Gasteiger partial charge in [0, 0.05) is 14.1 Å². The first kappa shape index (κ1) is 28.5. The van der Waals surface area contributed by atoms with Gasteiger partial charge in [0.1, 0.15) is 0 Å². The van der Waals surface area contributed by atoms with E-state index in [-0.39, 0.29) is 37.2 Å². The van der Waals surface area contributed by atoms with Crippen LogP contribution in [0.15, 0.2) is 22.1 Å². The second-order valence-electron chi connectivity index (χ2n) is 8.05. The van der Waals surface area contributed by atoms with Gasteiger partial charge in [0.15, 0.2) is 0 Å². The van der Waals surface area contributed by atoms with Gasteiger partial charge in [-0.25, -0.2) is 4.42 Å². The molecule has 0 heterocycles. The number of allylic oxidation sites excluding steroid dienone is 4. The zero-order chi connectivity index (χ0) is 13.1. The fourth-order valence-corrected chi connectivity index (χ4v) is 5.32. The summed E-state index contributed by atoms with van der Waals surface area (Å²) in [5.41, 5.74) is 0. The minimum absolute atomic E-state index is 0. The molecule has 6 heteroatoms. The molecule has 0 radical (unpaired) electrons. The number of halogens is 4. The zero-order valence-electron chi connectivity index (χ0n) is 13.2. The zero-order valence-corrected chi connectivity index (χ0v) is 18.0. The van der Waals surface area contributed by atoms with Crippen molar-refractivity contribution in [3.8, 4) is 0 Å². The Morgan fingerprint density at radius 1 is 1.11 bits per heavy atom. The Bertz CT molecular complexity index is 311. The third kappa shape index (κ3) is 10.7. The van der Waals surface area contributed by atoms with Gasteiger partial charge >= 0.3 is 75.1 Å². The van der Waals surface area contributed by atoms with Crippen LogP contribution in [0.3, 0.4) is 0 Å².